The highest BCUT2D eigenvalue weighted by Crippen LogP contribution is 2.44. The molecule has 2 nitrogen and oxygen atoms in total. The lowest BCUT2D eigenvalue weighted by atomic mass is 9.80. The van der Waals surface area contributed by atoms with Gasteiger partial charge in [0.2, 0.25) is 11.8 Å². The summed E-state index contributed by atoms with van der Waals surface area (Å²) in [5.41, 5.74) is 0. The molecule has 0 radical (unpaired) electrons. The van der Waals surface area contributed by atoms with Crippen LogP contribution in [0, 0.1) is 5.92 Å². The molecule has 2 aliphatic rings. The molecule has 0 aromatic heterocycles. The average Bonchev–Trinajstić information content (AvgIpc) is 2.79. The molecule has 0 bridgehead atoms. The Morgan fingerprint density at radius 2 is 1.92 bits per heavy atom. The number of rotatable bonds is 2. The van der Waals surface area contributed by atoms with Crippen LogP contribution in [0.15, 0.2) is 0 Å². The molecule has 2 aliphatic carbocycles. The van der Waals surface area contributed by atoms with Crippen LogP contribution in [0.4, 0.5) is 8.78 Å². The van der Waals surface area contributed by atoms with E-state index in [4.69, 9.17) is 0 Å². The van der Waals surface area contributed by atoms with E-state index in [-0.39, 0.29) is 18.7 Å². The van der Waals surface area contributed by atoms with Crippen LogP contribution in [0.1, 0.15) is 25.7 Å². The molecular formula is C9H13F2NO. The first-order chi connectivity index (χ1) is 5.99. The number of alkyl halides is 2. The molecule has 13 heavy (non-hydrogen) atoms. The second-order valence-corrected chi connectivity index (χ2v) is 4.14. The molecule has 2 rings (SSSR count). The maximum atomic E-state index is 12.5. The van der Waals surface area contributed by atoms with Crippen molar-refractivity contribution >= 4 is 5.91 Å². The maximum absolute atomic E-state index is 12.5. The van der Waals surface area contributed by atoms with Gasteiger partial charge < -0.3 is 4.90 Å². The fourth-order valence-corrected chi connectivity index (χ4v) is 1.77. The minimum absolute atomic E-state index is 0.0894. The lowest BCUT2D eigenvalue weighted by Gasteiger charge is -2.36. The summed E-state index contributed by atoms with van der Waals surface area (Å²) in [7, 11) is 1.72. The SMILES string of the molecule is CN(C(=O)C1CC(F)(F)C1)C1CC1. The van der Waals surface area contributed by atoms with Crippen molar-refractivity contribution in [2.24, 2.45) is 5.92 Å². The van der Waals surface area contributed by atoms with E-state index in [1.807, 2.05) is 0 Å². The number of carbonyl (C=O) groups excluding carboxylic acids is 1. The summed E-state index contributed by atoms with van der Waals surface area (Å²) < 4.78 is 24.9. The first-order valence-electron chi connectivity index (χ1n) is 4.64. The van der Waals surface area contributed by atoms with E-state index >= 15 is 0 Å². The summed E-state index contributed by atoms with van der Waals surface area (Å²) >= 11 is 0. The third kappa shape index (κ3) is 1.67. The minimum atomic E-state index is -2.58. The zero-order valence-corrected chi connectivity index (χ0v) is 7.59. The highest BCUT2D eigenvalue weighted by molar-refractivity contribution is 5.80. The molecule has 0 unspecified atom stereocenters. The van der Waals surface area contributed by atoms with Crippen LogP contribution in [0.5, 0.6) is 0 Å². The largest absolute Gasteiger partial charge is 0.343 e. The summed E-state index contributed by atoms with van der Waals surface area (Å²) in [5, 5.41) is 0. The van der Waals surface area contributed by atoms with E-state index in [0.29, 0.717) is 6.04 Å². The Morgan fingerprint density at radius 3 is 2.31 bits per heavy atom. The van der Waals surface area contributed by atoms with Crippen molar-refractivity contribution in [2.75, 3.05) is 7.05 Å². The molecule has 0 heterocycles. The molecule has 2 fully saturated rings. The minimum Gasteiger partial charge on any atom is -0.343 e. The quantitative estimate of drug-likeness (QED) is 0.646. The zero-order chi connectivity index (χ0) is 9.64. The van der Waals surface area contributed by atoms with E-state index in [1.165, 1.54) is 0 Å². The number of amides is 1. The number of hydrogen-bond acceptors (Lipinski definition) is 1. The Balaban J connectivity index is 1.85. The molecule has 0 aliphatic heterocycles. The van der Waals surface area contributed by atoms with Crippen molar-refractivity contribution in [1.29, 1.82) is 0 Å². The van der Waals surface area contributed by atoms with Crippen LogP contribution in [-0.2, 0) is 4.79 Å². The average molecular weight is 189 g/mol. The lowest BCUT2D eigenvalue weighted by molar-refractivity contribution is -0.159. The molecular weight excluding hydrogens is 176 g/mol. The van der Waals surface area contributed by atoms with Crippen molar-refractivity contribution in [3.05, 3.63) is 0 Å². The fraction of sp³-hybridized carbons (Fsp3) is 0.889. The molecule has 0 aromatic carbocycles. The van der Waals surface area contributed by atoms with E-state index in [1.54, 1.807) is 11.9 Å². The van der Waals surface area contributed by atoms with Crippen molar-refractivity contribution < 1.29 is 13.6 Å². The second kappa shape index (κ2) is 2.66. The topological polar surface area (TPSA) is 20.3 Å². The lowest BCUT2D eigenvalue weighted by Crippen LogP contribution is -2.46. The smallest absolute Gasteiger partial charge is 0.249 e. The first-order valence-corrected chi connectivity index (χ1v) is 4.64. The van der Waals surface area contributed by atoms with Gasteiger partial charge in [0.25, 0.3) is 0 Å². The molecule has 0 atom stereocenters. The zero-order valence-electron chi connectivity index (χ0n) is 7.59. The highest BCUT2D eigenvalue weighted by atomic mass is 19.3. The Morgan fingerprint density at radius 1 is 1.38 bits per heavy atom. The van der Waals surface area contributed by atoms with Gasteiger partial charge in [0.05, 0.1) is 0 Å². The molecule has 0 N–H and O–H groups in total. The van der Waals surface area contributed by atoms with Gasteiger partial charge in [-0.15, -0.1) is 0 Å². The summed E-state index contributed by atoms with van der Waals surface area (Å²) in [6, 6.07) is 0.335. The van der Waals surface area contributed by atoms with Gasteiger partial charge in [0.1, 0.15) is 0 Å². The number of carbonyl (C=O) groups is 1. The molecule has 4 heteroatoms. The molecule has 0 spiro atoms. The fourth-order valence-electron chi connectivity index (χ4n) is 1.77. The van der Waals surface area contributed by atoms with Gasteiger partial charge in [-0.05, 0) is 12.8 Å². The van der Waals surface area contributed by atoms with Crippen LogP contribution < -0.4 is 0 Å². The summed E-state index contributed by atoms with van der Waals surface area (Å²) in [4.78, 5) is 13.1. The predicted molar refractivity (Wildman–Crippen MR) is 43.5 cm³/mol. The maximum Gasteiger partial charge on any atom is 0.249 e. The van der Waals surface area contributed by atoms with Gasteiger partial charge in [-0.3, -0.25) is 4.79 Å². The highest BCUT2D eigenvalue weighted by Gasteiger charge is 2.50. The van der Waals surface area contributed by atoms with Crippen LogP contribution in [0.3, 0.4) is 0 Å². The summed E-state index contributed by atoms with van der Waals surface area (Å²) in [6.45, 7) is 0. The van der Waals surface area contributed by atoms with Crippen LogP contribution in [0.2, 0.25) is 0 Å². The van der Waals surface area contributed by atoms with Crippen LogP contribution >= 0.6 is 0 Å². The normalized spacial score (nSPS) is 26.7. The van der Waals surface area contributed by atoms with Gasteiger partial charge in [-0.2, -0.15) is 0 Å². The predicted octanol–water partition coefficient (Wildman–Crippen LogP) is 1.65. The number of hydrogen-bond donors (Lipinski definition) is 0. The molecule has 74 valence electrons. The molecule has 2 saturated carbocycles. The first kappa shape index (κ1) is 8.91. The Bertz CT molecular complexity index is 230. The van der Waals surface area contributed by atoms with Gasteiger partial charge >= 0.3 is 0 Å². The van der Waals surface area contributed by atoms with Crippen LogP contribution in [0.25, 0.3) is 0 Å². The molecule has 1 amide bonds. The second-order valence-electron chi connectivity index (χ2n) is 4.14. The van der Waals surface area contributed by atoms with E-state index < -0.39 is 11.8 Å². The van der Waals surface area contributed by atoms with E-state index in [9.17, 15) is 13.6 Å². The van der Waals surface area contributed by atoms with Crippen molar-refractivity contribution in [3.63, 3.8) is 0 Å². The van der Waals surface area contributed by atoms with E-state index in [0.717, 1.165) is 12.8 Å². The standard InChI is InChI=1S/C9H13F2NO/c1-12(7-2-3-7)8(13)6-4-9(10,11)5-6/h6-7H,2-5H2,1H3. The Kier molecular flexibility index (Phi) is 1.82. The van der Waals surface area contributed by atoms with Crippen molar-refractivity contribution in [3.8, 4) is 0 Å². The summed E-state index contributed by atoms with van der Waals surface area (Å²) in [6.07, 6.45) is 1.57. The third-order valence-electron chi connectivity index (χ3n) is 2.88. The summed E-state index contributed by atoms with van der Waals surface area (Å²) in [5.74, 6) is -3.08. The number of nitrogens with zero attached hydrogens (tertiary/aromatic N) is 1. The Hall–Kier alpha value is -0.670. The van der Waals surface area contributed by atoms with E-state index in [2.05, 4.69) is 0 Å². The van der Waals surface area contributed by atoms with Crippen LogP contribution in [-0.4, -0.2) is 29.8 Å². The van der Waals surface area contributed by atoms with Gasteiger partial charge in [0, 0.05) is 31.8 Å². The van der Waals surface area contributed by atoms with Gasteiger partial charge in [0.15, 0.2) is 0 Å². The van der Waals surface area contributed by atoms with Crippen molar-refractivity contribution in [1.82, 2.24) is 4.90 Å². The molecule has 0 saturated heterocycles. The third-order valence-corrected chi connectivity index (χ3v) is 2.88. The van der Waals surface area contributed by atoms with Gasteiger partial charge in [-0.1, -0.05) is 0 Å². The number of halogens is 2. The monoisotopic (exact) mass is 189 g/mol. The van der Waals surface area contributed by atoms with Gasteiger partial charge in [-0.25, -0.2) is 8.78 Å². The molecule has 0 aromatic rings. The Labute approximate surface area is 75.9 Å². The van der Waals surface area contributed by atoms with Crippen molar-refractivity contribution in [2.45, 2.75) is 37.6 Å².